The molecule has 0 aliphatic rings. The van der Waals surface area contributed by atoms with Crippen LogP contribution >= 0.6 is 0 Å². The van der Waals surface area contributed by atoms with Gasteiger partial charge in [-0.1, -0.05) is 215 Å². The number of hydrogen-bond acceptors (Lipinski definition) is 1. The van der Waals surface area contributed by atoms with Crippen LogP contribution in [-0.4, -0.2) is 0 Å². The van der Waals surface area contributed by atoms with Crippen molar-refractivity contribution in [3.8, 4) is 55.6 Å². The molecule has 0 aliphatic heterocycles. The van der Waals surface area contributed by atoms with E-state index in [-0.39, 0.29) is 5.41 Å². The minimum Gasteiger partial charge on any atom is -0.311 e. The molecule has 0 spiro atoms. The fourth-order valence-corrected chi connectivity index (χ4v) is 8.66. The monoisotopic (exact) mass is 781 g/mol. The summed E-state index contributed by atoms with van der Waals surface area (Å²) in [6, 6.07) is 84.1. The third kappa shape index (κ3) is 7.63. The van der Waals surface area contributed by atoms with E-state index in [4.69, 9.17) is 0 Å². The molecule has 0 unspecified atom stereocenters. The summed E-state index contributed by atoms with van der Waals surface area (Å²) in [5.74, 6) is 0. The number of fused-ring (bicyclic) bond motifs is 2. The van der Waals surface area contributed by atoms with E-state index in [0.29, 0.717) is 0 Å². The van der Waals surface area contributed by atoms with Gasteiger partial charge in [-0.05, 0) is 125 Å². The Labute approximate surface area is 359 Å². The normalized spacial score (nSPS) is 11.5. The van der Waals surface area contributed by atoms with Crippen molar-refractivity contribution in [2.45, 2.75) is 26.2 Å². The summed E-state index contributed by atoms with van der Waals surface area (Å²) in [6.45, 7) is 6.81. The Hall–Kier alpha value is -7.48. The number of nitrogens with zero attached hydrogens (tertiary/aromatic N) is 1. The van der Waals surface area contributed by atoms with E-state index >= 15 is 0 Å². The molecule has 61 heavy (non-hydrogen) atoms. The molecule has 0 saturated heterocycles. The maximum atomic E-state index is 2.36. The van der Waals surface area contributed by atoms with Gasteiger partial charge in [-0.3, -0.25) is 0 Å². The maximum absolute atomic E-state index is 2.36. The van der Waals surface area contributed by atoms with Crippen molar-refractivity contribution in [1.82, 2.24) is 0 Å². The molecule has 1 heteroatoms. The first-order valence-corrected chi connectivity index (χ1v) is 21.2. The van der Waals surface area contributed by atoms with Crippen LogP contribution < -0.4 is 4.90 Å². The predicted octanol–water partition coefficient (Wildman–Crippen LogP) is 17.1. The van der Waals surface area contributed by atoms with Crippen molar-refractivity contribution in [1.29, 1.82) is 0 Å². The fourth-order valence-electron chi connectivity index (χ4n) is 8.66. The van der Waals surface area contributed by atoms with Gasteiger partial charge in [-0.2, -0.15) is 0 Å². The van der Waals surface area contributed by atoms with Crippen LogP contribution in [0.15, 0.2) is 231 Å². The number of anilines is 3. The fraction of sp³-hybridized carbons (Fsp3) is 0.0667. The van der Waals surface area contributed by atoms with Gasteiger partial charge in [-0.15, -0.1) is 0 Å². The van der Waals surface area contributed by atoms with Gasteiger partial charge >= 0.3 is 0 Å². The molecule has 0 fully saturated rings. The molecule has 0 N–H and O–H groups in total. The second-order valence-electron chi connectivity index (χ2n) is 17.0. The lowest BCUT2D eigenvalue weighted by atomic mass is 9.85. The summed E-state index contributed by atoms with van der Waals surface area (Å²) < 4.78 is 0. The van der Waals surface area contributed by atoms with Gasteiger partial charge in [0.25, 0.3) is 0 Å². The topological polar surface area (TPSA) is 3.24 Å². The largest absolute Gasteiger partial charge is 0.311 e. The van der Waals surface area contributed by atoms with Gasteiger partial charge in [0.15, 0.2) is 0 Å². The van der Waals surface area contributed by atoms with Gasteiger partial charge in [0.2, 0.25) is 0 Å². The van der Waals surface area contributed by atoms with Crippen molar-refractivity contribution in [2.24, 2.45) is 0 Å². The quantitative estimate of drug-likeness (QED) is 0.148. The first-order valence-electron chi connectivity index (χ1n) is 21.2. The van der Waals surface area contributed by atoms with Gasteiger partial charge in [0.05, 0.1) is 0 Å². The third-order valence-electron chi connectivity index (χ3n) is 12.1. The molecular weight excluding hydrogens is 735 g/mol. The van der Waals surface area contributed by atoms with Gasteiger partial charge in [0.1, 0.15) is 0 Å². The zero-order valence-electron chi connectivity index (χ0n) is 34.9. The molecule has 10 rings (SSSR count). The highest BCUT2D eigenvalue weighted by Crippen LogP contribution is 2.39. The van der Waals surface area contributed by atoms with Crippen molar-refractivity contribution >= 4 is 38.6 Å². The van der Waals surface area contributed by atoms with E-state index in [9.17, 15) is 0 Å². The molecule has 10 aromatic carbocycles. The van der Waals surface area contributed by atoms with Crippen molar-refractivity contribution in [3.63, 3.8) is 0 Å². The maximum Gasteiger partial charge on any atom is 0.0462 e. The van der Waals surface area contributed by atoms with E-state index < -0.39 is 0 Å². The first kappa shape index (κ1) is 37.8. The summed E-state index contributed by atoms with van der Waals surface area (Å²) in [5, 5.41) is 5.07. The Morgan fingerprint density at radius 3 is 1.02 bits per heavy atom. The summed E-state index contributed by atoms with van der Waals surface area (Å²) in [6.07, 6.45) is 0. The zero-order chi connectivity index (χ0) is 41.3. The van der Waals surface area contributed by atoms with Gasteiger partial charge in [0, 0.05) is 17.1 Å². The Balaban J connectivity index is 0.963. The molecule has 0 radical (unpaired) electrons. The summed E-state index contributed by atoms with van der Waals surface area (Å²) >= 11 is 0. The van der Waals surface area contributed by atoms with Crippen molar-refractivity contribution in [3.05, 3.63) is 236 Å². The zero-order valence-corrected chi connectivity index (χ0v) is 34.9. The van der Waals surface area contributed by atoms with Crippen molar-refractivity contribution < 1.29 is 0 Å². The van der Waals surface area contributed by atoms with Gasteiger partial charge < -0.3 is 4.90 Å². The predicted molar refractivity (Wildman–Crippen MR) is 262 cm³/mol. The number of hydrogen-bond donors (Lipinski definition) is 0. The summed E-state index contributed by atoms with van der Waals surface area (Å²) in [4.78, 5) is 2.36. The highest BCUT2D eigenvalue weighted by atomic mass is 15.1. The second kappa shape index (κ2) is 15.9. The molecule has 292 valence electrons. The van der Waals surface area contributed by atoms with E-state index in [1.165, 1.54) is 82.7 Å². The van der Waals surface area contributed by atoms with Crippen LogP contribution in [-0.2, 0) is 5.41 Å². The molecule has 0 bridgehead atoms. The van der Waals surface area contributed by atoms with Crippen LogP contribution in [0.1, 0.15) is 26.3 Å². The smallest absolute Gasteiger partial charge is 0.0462 e. The average molecular weight is 782 g/mol. The average Bonchev–Trinajstić information content (AvgIpc) is 3.32. The van der Waals surface area contributed by atoms with Crippen LogP contribution in [0.4, 0.5) is 17.1 Å². The lowest BCUT2D eigenvalue weighted by Crippen LogP contribution is -2.11. The molecule has 10 aromatic rings. The Kier molecular flexibility index (Phi) is 9.87. The van der Waals surface area contributed by atoms with Crippen LogP contribution in [0.25, 0.3) is 77.2 Å². The standard InChI is InChI=1S/C60H47N/c1-60(2,3)52-16-8-15-51(41-52)46-33-39-55(40-34-46)61(53-35-29-44(30-36-53)42-21-25-49(26-22-42)58-19-9-13-47-11-4-6-17-56(47)58)54-37-31-45(32-38-54)43-23-27-50(28-24-43)59-20-10-14-48-12-5-7-18-57(48)59/h4-41H,1-3H3. The molecular formula is C60H47N. The molecule has 0 heterocycles. The van der Waals surface area contributed by atoms with E-state index in [2.05, 4.69) is 256 Å². The van der Waals surface area contributed by atoms with Crippen LogP contribution in [0.3, 0.4) is 0 Å². The molecule has 0 aromatic heterocycles. The van der Waals surface area contributed by atoms with Crippen molar-refractivity contribution in [2.75, 3.05) is 4.90 Å². The molecule has 0 saturated carbocycles. The molecule has 1 nitrogen and oxygen atoms in total. The van der Waals surface area contributed by atoms with Gasteiger partial charge in [-0.25, -0.2) is 0 Å². The van der Waals surface area contributed by atoms with Crippen LogP contribution in [0.2, 0.25) is 0 Å². The van der Waals surface area contributed by atoms with E-state index in [1.807, 2.05) is 0 Å². The number of benzene rings is 10. The summed E-state index contributed by atoms with van der Waals surface area (Å²) in [5.41, 5.74) is 16.9. The molecule has 0 amide bonds. The SMILES string of the molecule is CC(C)(C)c1cccc(-c2ccc(N(c3ccc(-c4ccc(-c5cccc6ccccc56)cc4)cc3)c3ccc(-c4ccc(-c5cccc6ccccc56)cc4)cc3)cc2)c1. The Morgan fingerprint density at radius 2 is 0.607 bits per heavy atom. The minimum absolute atomic E-state index is 0.0860. The lowest BCUT2D eigenvalue weighted by Gasteiger charge is -2.26. The summed E-state index contributed by atoms with van der Waals surface area (Å²) in [7, 11) is 0. The molecule has 0 atom stereocenters. The minimum atomic E-state index is 0.0860. The molecule has 0 aliphatic carbocycles. The van der Waals surface area contributed by atoms with Crippen LogP contribution in [0, 0.1) is 0 Å². The highest BCUT2D eigenvalue weighted by molar-refractivity contribution is 5.98. The second-order valence-corrected chi connectivity index (χ2v) is 17.0. The number of rotatable bonds is 8. The third-order valence-corrected chi connectivity index (χ3v) is 12.1. The Bertz CT molecular complexity index is 2940. The van der Waals surface area contributed by atoms with E-state index in [1.54, 1.807) is 0 Å². The van der Waals surface area contributed by atoms with Crippen LogP contribution in [0.5, 0.6) is 0 Å². The van der Waals surface area contributed by atoms with E-state index in [0.717, 1.165) is 17.1 Å². The lowest BCUT2D eigenvalue weighted by molar-refractivity contribution is 0.590. The Morgan fingerprint density at radius 1 is 0.279 bits per heavy atom. The highest BCUT2D eigenvalue weighted by Gasteiger charge is 2.17. The first-order chi connectivity index (χ1) is 29.9.